The van der Waals surface area contributed by atoms with Crippen LogP contribution in [0.15, 0.2) is 60.7 Å². The molecule has 0 fully saturated rings. The number of aldehydes is 1. The van der Waals surface area contributed by atoms with Crippen LogP contribution in [0.3, 0.4) is 0 Å². The molecule has 0 aliphatic heterocycles. The van der Waals surface area contributed by atoms with E-state index in [1.807, 2.05) is 55.5 Å². The summed E-state index contributed by atoms with van der Waals surface area (Å²) >= 11 is 0. The number of hydrogen-bond donors (Lipinski definition) is 0. The third kappa shape index (κ3) is 4.61. The zero-order valence-corrected chi connectivity index (χ0v) is 12.1. The Bertz CT molecular complexity index is 490. The highest BCUT2D eigenvalue weighted by atomic mass is 16.7. The number of rotatable bonds is 4. The molecular formula is C17H20O3. The van der Waals surface area contributed by atoms with Crippen LogP contribution >= 0.6 is 0 Å². The molecule has 0 aliphatic rings. The van der Waals surface area contributed by atoms with Crippen LogP contribution in [0.2, 0.25) is 0 Å². The number of ether oxygens (including phenoxy) is 2. The molecule has 0 N–H and O–H groups in total. The van der Waals surface area contributed by atoms with Crippen molar-refractivity contribution >= 4 is 6.29 Å². The van der Waals surface area contributed by atoms with Crippen LogP contribution in [0, 0.1) is 0 Å². The van der Waals surface area contributed by atoms with E-state index in [4.69, 9.17) is 9.47 Å². The minimum Gasteiger partial charge on any atom is -0.349 e. The molecule has 0 aliphatic carbocycles. The number of benzene rings is 2. The SMILES string of the molecule is COC(C)(OC)c1ccccc1.O=Cc1ccccc1. The summed E-state index contributed by atoms with van der Waals surface area (Å²) in [6.45, 7) is 1.89. The number of hydrogen-bond acceptors (Lipinski definition) is 3. The van der Waals surface area contributed by atoms with E-state index in [1.165, 1.54) is 0 Å². The molecule has 0 bridgehead atoms. The van der Waals surface area contributed by atoms with Crippen LogP contribution < -0.4 is 0 Å². The van der Waals surface area contributed by atoms with Gasteiger partial charge in [-0.05, 0) is 6.92 Å². The molecule has 0 aromatic heterocycles. The molecule has 0 heterocycles. The average molecular weight is 272 g/mol. The number of carbonyl (C=O) groups is 1. The predicted molar refractivity (Wildman–Crippen MR) is 79.6 cm³/mol. The predicted octanol–water partition coefficient (Wildman–Crippen LogP) is 3.65. The van der Waals surface area contributed by atoms with E-state index in [1.54, 1.807) is 26.4 Å². The van der Waals surface area contributed by atoms with E-state index >= 15 is 0 Å². The topological polar surface area (TPSA) is 35.5 Å². The lowest BCUT2D eigenvalue weighted by molar-refractivity contribution is -0.201. The first-order valence-corrected chi connectivity index (χ1v) is 6.32. The molecular weight excluding hydrogens is 252 g/mol. The molecule has 0 radical (unpaired) electrons. The van der Waals surface area contributed by atoms with Crippen LogP contribution in [0.25, 0.3) is 0 Å². The van der Waals surface area contributed by atoms with Gasteiger partial charge in [0, 0.05) is 25.3 Å². The van der Waals surface area contributed by atoms with Crippen molar-refractivity contribution < 1.29 is 14.3 Å². The fraction of sp³-hybridized carbons (Fsp3) is 0.235. The van der Waals surface area contributed by atoms with Gasteiger partial charge in [0.1, 0.15) is 6.29 Å². The van der Waals surface area contributed by atoms with E-state index in [0.717, 1.165) is 17.4 Å². The molecule has 0 atom stereocenters. The summed E-state index contributed by atoms with van der Waals surface area (Å²) in [6, 6.07) is 19.0. The first-order chi connectivity index (χ1) is 9.66. The second kappa shape index (κ2) is 8.25. The first kappa shape index (κ1) is 16.1. The van der Waals surface area contributed by atoms with Gasteiger partial charge in [0.15, 0.2) is 5.79 Å². The Balaban J connectivity index is 0.000000217. The normalized spacial score (nSPS) is 10.3. The molecule has 2 rings (SSSR count). The van der Waals surface area contributed by atoms with E-state index in [-0.39, 0.29) is 0 Å². The van der Waals surface area contributed by atoms with Crippen molar-refractivity contribution in [2.24, 2.45) is 0 Å². The Hall–Kier alpha value is -1.97. The monoisotopic (exact) mass is 272 g/mol. The van der Waals surface area contributed by atoms with Gasteiger partial charge in [-0.2, -0.15) is 0 Å². The Morgan fingerprint density at radius 3 is 1.65 bits per heavy atom. The highest BCUT2D eigenvalue weighted by molar-refractivity contribution is 5.74. The van der Waals surface area contributed by atoms with Crippen LogP contribution in [0.1, 0.15) is 22.8 Å². The second-order valence-electron chi connectivity index (χ2n) is 4.25. The Morgan fingerprint density at radius 1 is 0.850 bits per heavy atom. The largest absolute Gasteiger partial charge is 0.349 e. The average Bonchev–Trinajstić information content (AvgIpc) is 2.56. The summed E-state index contributed by atoms with van der Waals surface area (Å²) in [5, 5.41) is 0. The lowest BCUT2D eigenvalue weighted by Gasteiger charge is -2.26. The van der Waals surface area contributed by atoms with E-state index in [0.29, 0.717) is 0 Å². The van der Waals surface area contributed by atoms with Crippen molar-refractivity contribution in [3.63, 3.8) is 0 Å². The van der Waals surface area contributed by atoms with Crippen molar-refractivity contribution in [2.45, 2.75) is 12.7 Å². The van der Waals surface area contributed by atoms with Gasteiger partial charge in [-0.15, -0.1) is 0 Å². The second-order valence-corrected chi connectivity index (χ2v) is 4.25. The Labute approximate surface area is 120 Å². The van der Waals surface area contributed by atoms with Crippen molar-refractivity contribution in [1.29, 1.82) is 0 Å². The van der Waals surface area contributed by atoms with Crippen molar-refractivity contribution in [1.82, 2.24) is 0 Å². The molecule has 20 heavy (non-hydrogen) atoms. The van der Waals surface area contributed by atoms with Crippen molar-refractivity contribution in [3.05, 3.63) is 71.8 Å². The van der Waals surface area contributed by atoms with E-state index in [9.17, 15) is 4.79 Å². The molecule has 3 heteroatoms. The van der Waals surface area contributed by atoms with Gasteiger partial charge in [-0.1, -0.05) is 60.7 Å². The summed E-state index contributed by atoms with van der Waals surface area (Å²) in [5.74, 6) is -0.624. The fourth-order valence-corrected chi connectivity index (χ4v) is 1.59. The molecule has 0 amide bonds. The smallest absolute Gasteiger partial charge is 0.191 e. The zero-order valence-electron chi connectivity index (χ0n) is 12.1. The molecule has 106 valence electrons. The molecule has 2 aromatic carbocycles. The lowest BCUT2D eigenvalue weighted by Crippen LogP contribution is -2.26. The minimum atomic E-state index is -0.624. The Morgan fingerprint density at radius 2 is 1.30 bits per heavy atom. The highest BCUT2D eigenvalue weighted by Gasteiger charge is 2.24. The van der Waals surface area contributed by atoms with Crippen molar-refractivity contribution in [3.8, 4) is 0 Å². The van der Waals surface area contributed by atoms with Crippen LogP contribution in [-0.4, -0.2) is 20.5 Å². The van der Waals surface area contributed by atoms with Gasteiger partial charge in [-0.25, -0.2) is 0 Å². The maximum absolute atomic E-state index is 10.0. The zero-order chi connectivity index (χ0) is 14.8. The molecule has 2 aromatic rings. The summed E-state index contributed by atoms with van der Waals surface area (Å²) in [6.07, 6.45) is 0.833. The van der Waals surface area contributed by atoms with Crippen molar-refractivity contribution in [2.75, 3.05) is 14.2 Å². The summed E-state index contributed by atoms with van der Waals surface area (Å²) in [5.41, 5.74) is 1.75. The molecule has 0 saturated heterocycles. The molecule has 0 unspecified atom stereocenters. The van der Waals surface area contributed by atoms with Gasteiger partial charge in [0.2, 0.25) is 0 Å². The van der Waals surface area contributed by atoms with Crippen LogP contribution in [-0.2, 0) is 15.3 Å². The maximum atomic E-state index is 10.0. The maximum Gasteiger partial charge on any atom is 0.191 e. The fourth-order valence-electron chi connectivity index (χ4n) is 1.59. The van der Waals surface area contributed by atoms with E-state index in [2.05, 4.69) is 0 Å². The third-order valence-electron chi connectivity index (χ3n) is 3.01. The lowest BCUT2D eigenvalue weighted by atomic mass is 10.1. The quantitative estimate of drug-likeness (QED) is 0.629. The Kier molecular flexibility index (Phi) is 6.64. The van der Waals surface area contributed by atoms with Gasteiger partial charge >= 0.3 is 0 Å². The molecule has 0 saturated carbocycles. The molecule has 0 spiro atoms. The summed E-state index contributed by atoms with van der Waals surface area (Å²) < 4.78 is 10.5. The van der Waals surface area contributed by atoms with Gasteiger partial charge in [-0.3, -0.25) is 4.79 Å². The van der Waals surface area contributed by atoms with Gasteiger partial charge < -0.3 is 9.47 Å². The summed E-state index contributed by atoms with van der Waals surface area (Å²) in [4.78, 5) is 10.0. The van der Waals surface area contributed by atoms with Crippen LogP contribution in [0.5, 0.6) is 0 Å². The van der Waals surface area contributed by atoms with Gasteiger partial charge in [0.05, 0.1) is 0 Å². The van der Waals surface area contributed by atoms with Gasteiger partial charge in [0.25, 0.3) is 0 Å². The highest BCUT2D eigenvalue weighted by Crippen LogP contribution is 2.24. The molecule has 3 nitrogen and oxygen atoms in total. The summed E-state index contributed by atoms with van der Waals surface area (Å²) in [7, 11) is 3.27. The third-order valence-corrected chi connectivity index (χ3v) is 3.01. The number of methoxy groups -OCH3 is 2. The first-order valence-electron chi connectivity index (χ1n) is 6.32. The standard InChI is InChI=1S/C10H14O2.C7H6O/c1-10(11-2,12-3)9-7-5-4-6-8-9;8-6-7-4-2-1-3-5-7/h4-8H,1-3H3;1-6H. The van der Waals surface area contributed by atoms with Crippen LogP contribution in [0.4, 0.5) is 0 Å². The minimum absolute atomic E-state index is 0.624. The number of carbonyl (C=O) groups excluding carboxylic acids is 1. The van der Waals surface area contributed by atoms with E-state index < -0.39 is 5.79 Å².